The number of carbonyl (C=O) groups is 3. The Kier molecular flexibility index (Phi) is 5.02. The lowest BCUT2D eigenvalue weighted by atomic mass is 10.1. The average molecular weight is 321 g/mol. The molecule has 1 atom stereocenters. The molecule has 2 heterocycles. The summed E-state index contributed by atoms with van der Waals surface area (Å²) in [6.07, 6.45) is 1.62. The summed E-state index contributed by atoms with van der Waals surface area (Å²) in [6, 6.07) is -1.08. The number of imide groups is 1. The van der Waals surface area contributed by atoms with Gasteiger partial charge < -0.3 is 10.2 Å². The number of hydrogen-bond acceptors (Lipinski definition) is 4. The van der Waals surface area contributed by atoms with Crippen LogP contribution >= 0.6 is 0 Å². The molecule has 0 spiro atoms. The second-order valence-corrected chi connectivity index (χ2v) is 5.88. The summed E-state index contributed by atoms with van der Waals surface area (Å²) in [4.78, 5) is 37.9. The number of H-pyrrole nitrogens is 1. The van der Waals surface area contributed by atoms with Crippen molar-refractivity contribution in [3.63, 3.8) is 0 Å². The lowest BCUT2D eigenvalue weighted by molar-refractivity contribution is -0.131. The van der Waals surface area contributed by atoms with Crippen molar-refractivity contribution in [3.8, 4) is 0 Å². The van der Waals surface area contributed by atoms with Crippen molar-refractivity contribution in [2.24, 2.45) is 0 Å². The maximum absolute atomic E-state index is 12.0. The van der Waals surface area contributed by atoms with Crippen LogP contribution in [0.1, 0.15) is 29.8 Å². The third-order valence-electron chi connectivity index (χ3n) is 4.26. The van der Waals surface area contributed by atoms with E-state index in [4.69, 9.17) is 0 Å². The van der Waals surface area contributed by atoms with Crippen molar-refractivity contribution in [2.45, 2.75) is 39.2 Å². The number of rotatable bonds is 6. The standard InChI is InChI=1S/C15H23N5O3/c1-9-11(10(2)18-17-9)6-5-7-16-13(21)8-12-14(22)20(4)15(23)19(12)3/h12H,5-8H2,1-4H3,(H,16,21)(H,17,18). The average Bonchev–Trinajstić information content (AvgIpc) is 2.92. The van der Waals surface area contributed by atoms with E-state index in [1.54, 1.807) is 0 Å². The van der Waals surface area contributed by atoms with E-state index < -0.39 is 6.04 Å². The van der Waals surface area contributed by atoms with Crippen LogP contribution in [-0.4, -0.2) is 64.5 Å². The number of aromatic amines is 1. The highest BCUT2D eigenvalue weighted by molar-refractivity contribution is 6.05. The Hall–Kier alpha value is -2.38. The molecule has 0 saturated carbocycles. The molecule has 0 bridgehead atoms. The number of nitrogens with zero attached hydrogens (tertiary/aromatic N) is 3. The van der Waals surface area contributed by atoms with Crippen molar-refractivity contribution in [1.29, 1.82) is 0 Å². The molecule has 2 rings (SSSR count). The molecule has 23 heavy (non-hydrogen) atoms. The summed E-state index contributed by atoms with van der Waals surface area (Å²) >= 11 is 0. The molecular weight excluding hydrogens is 298 g/mol. The summed E-state index contributed by atoms with van der Waals surface area (Å²) in [5.41, 5.74) is 3.21. The van der Waals surface area contributed by atoms with Crippen molar-refractivity contribution in [3.05, 3.63) is 17.0 Å². The highest BCUT2D eigenvalue weighted by Gasteiger charge is 2.41. The third-order valence-corrected chi connectivity index (χ3v) is 4.26. The Morgan fingerprint density at radius 1 is 1.30 bits per heavy atom. The molecule has 1 aromatic heterocycles. The molecule has 1 unspecified atom stereocenters. The Balaban J connectivity index is 1.76. The van der Waals surface area contributed by atoms with E-state index in [-0.39, 0.29) is 24.3 Å². The van der Waals surface area contributed by atoms with E-state index in [9.17, 15) is 14.4 Å². The highest BCUT2D eigenvalue weighted by atomic mass is 16.2. The number of aryl methyl sites for hydroxylation is 2. The summed E-state index contributed by atoms with van der Waals surface area (Å²) in [5, 5.41) is 9.88. The zero-order valence-corrected chi connectivity index (χ0v) is 14.0. The quantitative estimate of drug-likeness (QED) is 0.584. The minimum atomic E-state index is -0.703. The van der Waals surface area contributed by atoms with Gasteiger partial charge in [-0.05, 0) is 32.3 Å². The lowest BCUT2D eigenvalue weighted by Gasteiger charge is -2.15. The minimum Gasteiger partial charge on any atom is -0.356 e. The van der Waals surface area contributed by atoms with Gasteiger partial charge in [-0.3, -0.25) is 19.6 Å². The summed E-state index contributed by atoms with van der Waals surface area (Å²) < 4.78 is 0. The maximum atomic E-state index is 12.0. The first-order chi connectivity index (χ1) is 10.8. The minimum absolute atomic E-state index is 0.00478. The Morgan fingerprint density at radius 3 is 2.52 bits per heavy atom. The van der Waals surface area contributed by atoms with Crippen molar-refractivity contribution >= 4 is 17.8 Å². The zero-order valence-electron chi connectivity index (χ0n) is 14.0. The van der Waals surface area contributed by atoms with Crippen LogP contribution in [0.5, 0.6) is 0 Å². The smallest absolute Gasteiger partial charge is 0.326 e. The van der Waals surface area contributed by atoms with Gasteiger partial charge in [0, 0.05) is 26.3 Å². The molecule has 1 aromatic rings. The summed E-state index contributed by atoms with van der Waals surface area (Å²) in [7, 11) is 2.96. The topological polar surface area (TPSA) is 98.4 Å². The predicted molar refractivity (Wildman–Crippen MR) is 83.7 cm³/mol. The first-order valence-electron chi connectivity index (χ1n) is 7.64. The number of urea groups is 1. The molecule has 0 aliphatic carbocycles. The van der Waals surface area contributed by atoms with Gasteiger partial charge in [-0.2, -0.15) is 5.10 Å². The van der Waals surface area contributed by atoms with Crippen LogP contribution in [0.4, 0.5) is 4.79 Å². The van der Waals surface area contributed by atoms with Gasteiger partial charge in [0.25, 0.3) is 5.91 Å². The number of aromatic nitrogens is 2. The zero-order chi connectivity index (χ0) is 17.1. The van der Waals surface area contributed by atoms with Crippen LogP contribution in [0.3, 0.4) is 0 Å². The summed E-state index contributed by atoms with van der Waals surface area (Å²) in [6.45, 7) is 4.45. The van der Waals surface area contributed by atoms with E-state index in [1.807, 2.05) is 13.8 Å². The number of nitrogens with one attached hydrogen (secondary N) is 2. The van der Waals surface area contributed by atoms with Crippen LogP contribution in [0.2, 0.25) is 0 Å². The monoisotopic (exact) mass is 321 g/mol. The van der Waals surface area contributed by atoms with Crippen LogP contribution < -0.4 is 5.32 Å². The summed E-state index contributed by atoms with van der Waals surface area (Å²) in [5.74, 6) is -0.559. The molecule has 1 saturated heterocycles. The van der Waals surface area contributed by atoms with Gasteiger partial charge in [-0.1, -0.05) is 0 Å². The maximum Gasteiger partial charge on any atom is 0.326 e. The molecule has 2 N–H and O–H groups in total. The third kappa shape index (κ3) is 3.52. The van der Waals surface area contributed by atoms with E-state index in [0.717, 1.165) is 29.1 Å². The Bertz CT molecular complexity index is 605. The molecule has 0 aromatic carbocycles. The largest absolute Gasteiger partial charge is 0.356 e. The lowest BCUT2D eigenvalue weighted by Crippen LogP contribution is -2.37. The molecular formula is C15H23N5O3. The number of hydrogen-bond donors (Lipinski definition) is 2. The molecule has 1 aliphatic rings. The van der Waals surface area contributed by atoms with Gasteiger partial charge in [0.1, 0.15) is 6.04 Å². The van der Waals surface area contributed by atoms with Gasteiger partial charge in [0.15, 0.2) is 0 Å². The van der Waals surface area contributed by atoms with E-state index in [2.05, 4.69) is 15.5 Å². The normalized spacial score (nSPS) is 18.0. The van der Waals surface area contributed by atoms with Crippen LogP contribution in [0.25, 0.3) is 0 Å². The Labute approximate surface area is 135 Å². The molecule has 8 heteroatoms. The van der Waals surface area contributed by atoms with Gasteiger partial charge in [0.2, 0.25) is 5.91 Å². The molecule has 4 amide bonds. The SMILES string of the molecule is Cc1n[nH]c(C)c1CCCNC(=O)CC1C(=O)N(C)C(=O)N1C. The van der Waals surface area contributed by atoms with Crippen LogP contribution in [-0.2, 0) is 16.0 Å². The fraction of sp³-hybridized carbons (Fsp3) is 0.600. The Morgan fingerprint density at radius 2 is 2.00 bits per heavy atom. The molecule has 126 valence electrons. The number of amides is 4. The van der Waals surface area contributed by atoms with E-state index >= 15 is 0 Å². The number of carbonyl (C=O) groups excluding carboxylic acids is 3. The number of likely N-dealkylation sites (N-methyl/N-ethyl adjacent to an activating group) is 2. The molecule has 0 radical (unpaired) electrons. The van der Waals surface area contributed by atoms with Crippen molar-refractivity contribution in [2.75, 3.05) is 20.6 Å². The van der Waals surface area contributed by atoms with Crippen molar-refractivity contribution < 1.29 is 14.4 Å². The fourth-order valence-corrected chi connectivity index (χ4v) is 2.76. The van der Waals surface area contributed by atoms with Gasteiger partial charge in [0.05, 0.1) is 12.1 Å². The first kappa shape index (κ1) is 17.0. The fourth-order valence-electron chi connectivity index (χ4n) is 2.76. The first-order valence-corrected chi connectivity index (χ1v) is 7.64. The highest BCUT2D eigenvalue weighted by Crippen LogP contribution is 2.16. The van der Waals surface area contributed by atoms with Crippen LogP contribution in [0.15, 0.2) is 0 Å². The van der Waals surface area contributed by atoms with Gasteiger partial charge in [-0.15, -0.1) is 0 Å². The molecule has 1 aliphatic heterocycles. The molecule has 1 fully saturated rings. The van der Waals surface area contributed by atoms with Crippen molar-refractivity contribution in [1.82, 2.24) is 25.3 Å². The van der Waals surface area contributed by atoms with Gasteiger partial charge >= 0.3 is 6.03 Å². The second-order valence-electron chi connectivity index (χ2n) is 5.88. The van der Waals surface area contributed by atoms with E-state index in [1.165, 1.54) is 24.6 Å². The predicted octanol–water partition coefficient (Wildman–Crippen LogP) is 0.358. The molecule has 8 nitrogen and oxygen atoms in total. The second kappa shape index (κ2) is 6.80. The van der Waals surface area contributed by atoms with E-state index in [0.29, 0.717) is 6.54 Å². The van der Waals surface area contributed by atoms with Gasteiger partial charge in [-0.25, -0.2) is 4.79 Å². The van der Waals surface area contributed by atoms with Crippen LogP contribution in [0, 0.1) is 13.8 Å².